The molecular weight excluding hydrogens is 206 g/mol. The number of nitrogens with two attached hydrogens (primary N) is 1. The Hall–Kier alpha value is -1.36. The molecule has 1 amide bonds. The van der Waals surface area contributed by atoms with Crippen molar-refractivity contribution < 1.29 is 9.21 Å². The largest absolute Gasteiger partial charge is 0.451 e. The first-order chi connectivity index (χ1) is 7.72. The number of aromatic nitrogens is 1. The molecule has 2 aliphatic carbocycles. The number of carbonyl (C=O) groups excluding carboxylic acids is 1. The third-order valence-electron chi connectivity index (χ3n) is 4.18. The van der Waals surface area contributed by atoms with Gasteiger partial charge in [0, 0.05) is 17.5 Å². The van der Waals surface area contributed by atoms with Gasteiger partial charge in [0.2, 0.25) is 0 Å². The fourth-order valence-electron chi connectivity index (χ4n) is 2.89. The molecule has 3 rings (SSSR count). The number of nitrogens with zero attached hydrogens (tertiary/aromatic N) is 1. The first-order valence-electron chi connectivity index (χ1n) is 5.67. The molecule has 16 heavy (non-hydrogen) atoms. The fraction of sp³-hybridized carbons (Fsp3) is 0.636. The second-order valence-electron chi connectivity index (χ2n) is 4.83. The van der Waals surface area contributed by atoms with Crippen LogP contribution in [0.1, 0.15) is 36.2 Å². The Morgan fingerprint density at radius 1 is 1.62 bits per heavy atom. The summed E-state index contributed by atoms with van der Waals surface area (Å²) in [5.41, 5.74) is 6.54. The lowest BCUT2D eigenvalue weighted by Gasteiger charge is -2.60. The van der Waals surface area contributed by atoms with Crippen molar-refractivity contribution in [3.05, 3.63) is 18.4 Å². The molecular formula is C11H15N3O2. The normalized spacial score (nSPS) is 30.6. The van der Waals surface area contributed by atoms with E-state index in [4.69, 9.17) is 10.2 Å². The van der Waals surface area contributed by atoms with Crippen LogP contribution in [0.4, 0.5) is 0 Å². The number of hydrogen-bond acceptors (Lipinski definition) is 4. The highest BCUT2D eigenvalue weighted by atomic mass is 16.3. The van der Waals surface area contributed by atoms with Crippen molar-refractivity contribution in [2.75, 3.05) is 0 Å². The number of hydrogen-bond donors (Lipinski definition) is 2. The van der Waals surface area contributed by atoms with Crippen LogP contribution in [0.15, 0.2) is 17.1 Å². The lowest BCUT2D eigenvalue weighted by atomic mass is 9.50. The zero-order valence-electron chi connectivity index (χ0n) is 8.98. The first-order valence-corrected chi connectivity index (χ1v) is 5.67. The molecule has 1 aromatic heterocycles. The maximum atomic E-state index is 11.8. The van der Waals surface area contributed by atoms with Crippen LogP contribution in [0.3, 0.4) is 0 Å². The number of carbonyl (C=O) groups is 1. The summed E-state index contributed by atoms with van der Waals surface area (Å²) < 4.78 is 4.79. The van der Waals surface area contributed by atoms with Gasteiger partial charge in [-0.2, -0.15) is 0 Å². The monoisotopic (exact) mass is 221 g/mol. The second kappa shape index (κ2) is 3.31. The Labute approximate surface area is 93.4 Å². The predicted molar refractivity (Wildman–Crippen MR) is 56.6 cm³/mol. The highest BCUT2D eigenvalue weighted by Gasteiger charge is 2.57. The first kappa shape index (κ1) is 9.84. The topological polar surface area (TPSA) is 81.1 Å². The Kier molecular flexibility index (Phi) is 2.04. The lowest BCUT2D eigenvalue weighted by molar-refractivity contribution is -0.0390. The quantitative estimate of drug-likeness (QED) is 0.769. The van der Waals surface area contributed by atoms with Crippen molar-refractivity contribution >= 4 is 5.91 Å². The van der Waals surface area contributed by atoms with Crippen molar-refractivity contribution in [2.24, 2.45) is 11.1 Å². The molecule has 5 heteroatoms. The molecule has 3 N–H and O–H groups in total. The van der Waals surface area contributed by atoms with Crippen LogP contribution in [0, 0.1) is 5.41 Å². The van der Waals surface area contributed by atoms with Gasteiger partial charge in [-0.3, -0.25) is 4.79 Å². The number of oxazole rings is 1. The SMILES string of the molecule is NC1CC(NC(=O)c2cocn2)C12CCC2. The van der Waals surface area contributed by atoms with E-state index in [-0.39, 0.29) is 23.4 Å². The maximum Gasteiger partial charge on any atom is 0.273 e. The molecule has 1 spiro atoms. The van der Waals surface area contributed by atoms with Crippen molar-refractivity contribution in [3.8, 4) is 0 Å². The Balaban J connectivity index is 1.66. The standard InChI is InChI=1S/C11H15N3O2/c12-8-4-9(11(8)2-1-3-11)14-10(15)7-5-16-6-13-7/h5-6,8-9H,1-4,12H2,(H,14,15). The minimum atomic E-state index is -0.156. The summed E-state index contributed by atoms with van der Waals surface area (Å²) >= 11 is 0. The van der Waals surface area contributed by atoms with Gasteiger partial charge in [0.15, 0.2) is 12.1 Å². The van der Waals surface area contributed by atoms with Crippen LogP contribution in [-0.2, 0) is 0 Å². The molecule has 0 bridgehead atoms. The molecule has 2 atom stereocenters. The van der Waals surface area contributed by atoms with Crippen LogP contribution in [0.2, 0.25) is 0 Å². The molecule has 2 saturated carbocycles. The average molecular weight is 221 g/mol. The summed E-state index contributed by atoms with van der Waals surface area (Å²) in [5, 5.41) is 3.00. The van der Waals surface area contributed by atoms with Crippen molar-refractivity contribution in [1.82, 2.24) is 10.3 Å². The van der Waals surface area contributed by atoms with E-state index < -0.39 is 0 Å². The number of rotatable bonds is 2. The van der Waals surface area contributed by atoms with Crippen LogP contribution < -0.4 is 11.1 Å². The molecule has 2 aliphatic rings. The predicted octanol–water partition coefficient (Wildman–Crippen LogP) is 0.674. The van der Waals surface area contributed by atoms with E-state index in [1.54, 1.807) is 0 Å². The molecule has 2 unspecified atom stereocenters. The van der Waals surface area contributed by atoms with E-state index in [1.165, 1.54) is 19.1 Å². The molecule has 0 aromatic carbocycles. The minimum absolute atomic E-state index is 0.156. The molecule has 0 saturated heterocycles. The van der Waals surface area contributed by atoms with Gasteiger partial charge in [-0.15, -0.1) is 0 Å². The van der Waals surface area contributed by atoms with E-state index in [1.807, 2.05) is 0 Å². The molecule has 1 aromatic rings. The Morgan fingerprint density at radius 3 is 2.94 bits per heavy atom. The highest BCUT2D eigenvalue weighted by Crippen LogP contribution is 2.55. The summed E-state index contributed by atoms with van der Waals surface area (Å²) in [7, 11) is 0. The van der Waals surface area contributed by atoms with E-state index in [0.29, 0.717) is 5.69 Å². The second-order valence-corrected chi connectivity index (χ2v) is 4.83. The van der Waals surface area contributed by atoms with E-state index in [0.717, 1.165) is 19.3 Å². The maximum absolute atomic E-state index is 11.8. The lowest BCUT2D eigenvalue weighted by Crippen LogP contribution is -2.69. The van der Waals surface area contributed by atoms with Crippen LogP contribution in [0.25, 0.3) is 0 Å². The number of amides is 1. The number of nitrogens with one attached hydrogen (secondary N) is 1. The zero-order valence-corrected chi connectivity index (χ0v) is 8.98. The zero-order chi connectivity index (χ0) is 11.2. The summed E-state index contributed by atoms with van der Waals surface area (Å²) in [5.74, 6) is -0.156. The van der Waals surface area contributed by atoms with Crippen molar-refractivity contribution in [1.29, 1.82) is 0 Å². The molecule has 5 nitrogen and oxygen atoms in total. The van der Waals surface area contributed by atoms with Gasteiger partial charge in [0.25, 0.3) is 5.91 Å². The van der Waals surface area contributed by atoms with Crippen LogP contribution in [0.5, 0.6) is 0 Å². The van der Waals surface area contributed by atoms with Gasteiger partial charge in [-0.05, 0) is 19.3 Å². The molecule has 1 heterocycles. The third-order valence-corrected chi connectivity index (χ3v) is 4.18. The van der Waals surface area contributed by atoms with E-state index in [2.05, 4.69) is 10.3 Å². The summed E-state index contributed by atoms with van der Waals surface area (Å²) in [4.78, 5) is 15.6. The molecule has 0 radical (unpaired) electrons. The summed E-state index contributed by atoms with van der Waals surface area (Å²) in [6.45, 7) is 0. The summed E-state index contributed by atoms with van der Waals surface area (Å²) in [6, 6.07) is 0.476. The third kappa shape index (κ3) is 1.21. The fourth-order valence-corrected chi connectivity index (χ4v) is 2.89. The summed E-state index contributed by atoms with van der Waals surface area (Å²) in [6.07, 6.45) is 7.01. The Bertz CT molecular complexity index is 397. The van der Waals surface area contributed by atoms with Crippen LogP contribution in [-0.4, -0.2) is 23.0 Å². The van der Waals surface area contributed by atoms with Crippen molar-refractivity contribution in [2.45, 2.75) is 37.8 Å². The Morgan fingerprint density at radius 2 is 2.44 bits per heavy atom. The molecule has 2 fully saturated rings. The van der Waals surface area contributed by atoms with Gasteiger partial charge in [0.1, 0.15) is 6.26 Å². The average Bonchev–Trinajstić information content (AvgIpc) is 2.66. The van der Waals surface area contributed by atoms with Gasteiger partial charge >= 0.3 is 0 Å². The van der Waals surface area contributed by atoms with E-state index in [9.17, 15) is 4.79 Å². The highest BCUT2D eigenvalue weighted by molar-refractivity contribution is 5.92. The van der Waals surface area contributed by atoms with Crippen molar-refractivity contribution in [3.63, 3.8) is 0 Å². The molecule has 0 aliphatic heterocycles. The van der Waals surface area contributed by atoms with E-state index >= 15 is 0 Å². The van der Waals surface area contributed by atoms with Gasteiger partial charge in [-0.1, -0.05) is 6.42 Å². The van der Waals surface area contributed by atoms with Gasteiger partial charge < -0.3 is 15.5 Å². The van der Waals surface area contributed by atoms with Gasteiger partial charge in [0.05, 0.1) is 0 Å². The smallest absolute Gasteiger partial charge is 0.273 e. The van der Waals surface area contributed by atoms with Crippen LogP contribution >= 0.6 is 0 Å². The minimum Gasteiger partial charge on any atom is -0.451 e. The van der Waals surface area contributed by atoms with Gasteiger partial charge in [-0.25, -0.2) is 4.98 Å². The molecule has 86 valence electrons.